The van der Waals surface area contributed by atoms with Crippen molar-refractivity contribution in [2.75, 3.05) is 19.9 Å². The van der Waals surface area contributed by atoms with E-state index in [9.17, 15) is 5.11 Å². The van der Waals surface area contributed by atoms with Crippen molar-refractivity contribution in [3.05, 3.63) is 23.3 Å². The van der Waals surface area contributed by atoms with Gasteiger partial charge in [0.2, 0.25) is 6.79 Å². The second-order valence-electron chi connectivity index (χ2n) is 7.39. The standard InChI is InChI=1S/C18H23NO3/c20-14-2-1-12-9-19-4-3-11-7-17-18(22-10-21-17)8-15(11)16(19)6-13(12)5-14/h7-8,12-14,16,20H,1-6,9-10H2/t12?,13-,14+,16-/m0/s1. The van der Waals surface area contributed by atoms with Gasteiger partial charge in [-0.2, -0.15) is 0 Å². The predicted octanol–water partition coefficient (Wildman–Crippen LogP) is 2.50. The van der Waals surface area contributed by atoms with E-state index in [1.165, 1.54) is 30.5 Å². The second-order valence-corrected chi connectivity index (χ2v) is 7.39. The van der Waals surface area contributed by atoms with Gasteiger partial charge in [-0.25, -0.2) is 0 Å². The van der Waals surface area contributed by atoms with Crippen molar-refractivity contribution in [1.29, 1.82) is 0 Å². The molecule has 1 N–H and O–H groups in total. The third-order valence-corrected chi connectivity index (χ3v) is 6.21. The smallest absolute Gasteiger partial charge is 0.231 e. The number of nitrogens with zero attached hydrogens (tertiary/aromatic N) is 1. The summed E-state index contributed by atoms with van der Waals surface area (Å²) >= 11 is 0. The lowest BCUT2D eigenvalue weighted by molar-refractivity contribution is -0.00983. The minimum Gasteiger partial charge on any atom is -0.454 e. The molecule has 4 atom stereocenters. The molecule has 4 heteroatoms. The minimum atomic E-state index is -0.0763. The van der Waals surface area contributed by atoms with Gasteiger partial charge in [0.05, 0.1) is 6.10 Å². The molecule has 1 saturated heterocycles. The lowest BCUT2D eigenvalue weighted by Gasteiger charge is -2.49. The van der Waals surface area contributed by atoms with Gasteiger partial charge in [0.25, 0.3) is 0 Å². The summed E-state index contributed by atoms with van der Waals surface area (Å²) in [4.78, 5) is 2.67. The zero-order valence-corrected chi connectivity index (χ0v) is 12.8. The van der Waals surface area contributed by atoms with Crippen LogP contribution in [0.15, 0.2) is 12.1 Å². The van der Waals surface area contributed by atoms with E-state index >= 15 is 0 Å². The fourth-order valence-corrected chi connectivity index (χ4v) is 5.06. The van der Waals surface area contributed by atoms with Gasteiger partial charge in [-0.3, -0.25) is 4.90 Å². The molecule has 0 aromatic heterocycles. The van der Waals surface area contributed by atoms with Crippen molar-refractivity contribution in [3.8, 4) is 11.5 Å². The summed E-state index contributed by atoms with van der Waals surface area (Å²) < 4.78 is 11.1. The van der Waals surface area contributed by atoms with Gasteiger partial charge in [0.1, 0.15) is 0 Å². The van der Waals surface area contributed by atoms with E-state index in [2.05, 4.69) is 17.0 Å². The zero-order valence-electron chi connectivity index (χ0n) is 12.8. The van der Waals surface area contributed by atoms with E-state index in [4.69, 9.17) is 9.47 Å². The maximum Gasteiger partial charge on any atom is 0.231 e. The molecule has 118 valence electrons. The summed E-state index contributed by atoms with van der Waals surface area (Å²) in [6, 6.07) is 4.91. The van der Waals surface area contributed by atoms with E-state index < -0.39 is 0 Å². The third-order valence-electron chi connectivity index (χ3n) is 6.21. The Morgan fingerprint density at radius 2 is 1.91 bits per heavy atom. The molecule has 4 aliphatic rings. The van der Waals surface area contributed by atoms with Crippen molar-refractivity contribution in [1.82, 2.24) is 4.90 Å². The summed E-state index contributed by atoms with van der Waals surface area (Å²) in [5.74, 6) is 3.29. The van der Waals surface area contributed by atoms with Crippen LogP contribution in [0.4, 0.5) is 0 Å². The van der Waals surface area contributed by atoms with Crippen molar-refractivity contribution in [3.63, 3.8) is 0 Å². The molecule has 4 nitrogen and oxygen atoms in total. The van der Waals surface area contributed by atoms with Crippen LogP contribution in [0.25, 0.3) is 0 Å². The van der Waals surface area contributed by atoms with Crippen molar-refractivity contribution in [2.24, 2.45) is 11.8 Å². The van der Waals surface area contributed by atoms with Gasteiger partial charge in [-0.05, 0) is 67.2 Å². The number of ether oxygens (including phenoxy) is 2. The second kappa shape index (κ2) is 4.87. The van der Waals surface area contributed by atoms with Crippen LogP contribution in [0.2, 0.25) is 0 Å². The number of aliphatic hydroxyl groups excluding tert-OH is 1. The largest absolute Gasteiger partial charge is 0.454 e. The van der Waals surface area contributed by atoms with E-state index in [0.29, 0.717) is 18.8 Å². The summed E-state index contributed by atoms with van der Waals surface area (Å²) in [7, 11) is 0. The minimum absolute atomic E-state index is 0.0763. The van der Waals surface area contributed by atoms with Gasteiger partial charge in [0.15, 0.2) is 11.5 Å². The van der Waals surface area contributed by atoms with E-state index in [1.54, 1.807) is 0 Å². The molecular formula is C18H23NO3. The first-order chi connectivity index (χ1) is 10.8. The maximum absolute atomic E-state index is 10.0. The maximum atomic E-state index is 10.0. The molecule has 1 saturated carbocycles. The fourth-order valence-electron chi connectivity index (χ4n) is 5.06. The Kier molecular flexibility index (Phi) is 2.92. The number of piperidine rings is 1. The predicted molar refractivity (Wildman–Crippen MR) is 82.0 cm³/mol. The molecule has 1 unspecified atom stereocenters. The molecule has 0 amide bonds. The quantitative estimate of drug-likeness (QED) is 0.799. The number of benzene rings is 1. The van der Waals surface area contributed by atoms with Crippen molar-refractivity contribution < 1.29 is 14.6 Å². The number of rotatable bonds is 0. The number of aliphatic hydroxyl groups is 1. The van der Waals surface area contributed by atoms with Crippen molar-refractivity contribution in [2.45, 2.75) is 44.2 Å². The number of fused-ring (bicyclic) bond motifs is 5. The molecule has 22 heavy (non-hydrogen) atoms. The number of hydrogen-bond donors (Lipinski definition) is 1. The van der Waals surface area contributed by atoms with Gasteiger partial charge in [0, 0.05) is 19.1 Å². The van der Waals surface area contributed by atoms with Crippen LogP contribution in [0.1, 0.15) is 42.9 Å². The monoisotopic (exact) mass is 301 g/mol. The van der Waals surface area contributed by atoms with Gasteiger partial charge < -0.3 is 14.6 Å². The Bertz CT molecular complexity index is 602. The van der Waals surface area contributed by atoms with Crippen LogP contribution in [0.3, 0.4) is 0 Å². The lowest BCUT2D eigenvalue weighted by Crippen LogP contribution is -2.48. The Hall–Kier alpha value is -1.26. The van der Waals surface area contributed by atoms with Crippen LogP contribution in [0.5, 0.6) is 11.5 Å². The topological polar surface area (TPSA) is 41.9 Å². The zero-order chi connectivity index (χ0) is 14.7. The first-order valence-corrected chi connectivity index (χ1v) is 8.62. The van der Waals surface area contributed by atoms with Crippen LogP contribution in [-0.4, -0.2) is 36.0 Å². The van der Waals surface area contributed by atoms with Gasteiger partial charge >= 0.3 is 0 Å². The fraction of sp³-hybridized carbons (Fsp3) is 0.667. The van der Waals surface area contributed by atoms with E-state index in [-0.39, 0.29) is 6.10 Å². The average Bonchev–Trinajstić information content (AvgIpc) is 2.98. The van der Waals surface area contributed by atoms with Crippen LogP contribution < -0.4 is 9.47 Å². The van der Waals surface area contributed by atoms with Crippen molar-refractivity contribution >= 4 is 0 Å². The van der Waals surface area contributed by atoms with Crippen LogP contribution >= 0.6 is 0 Å². The molecule has 1 aromatic rings. The highest BCUT2D eigenvalue weighted by molar-refractivity contribution is 5.50. The highest BCUT2D eigenvalue weighted by Gasteiger charge is 2.41. The first kappa shape index (κ1) is 13.2. The van der Waals surface area contributed by atoms with Crippen LogP contribution in [0, 0.1) is 11.8 Å². The molecule has 3 aliphatic heterocycles. The highest BCUT2D eigenvalue weighted by atomic mass is 16.7. The molecule has 2 fully saturated rings. The molecule has 0 radical (unpaired) electrons. The van der Waals surface area contributed by atoms with Crippen LogP contribution in [-0.2, 0) is 6.42 Å². The summed E-state index contributed by atoms with van der Waals surface area (Å²) in [6.45, 7) is 2.71. The summed E-state index contributed by atoms with van der Waals surface area (Å²) in [5, 5.41) is 10.0. The molecule has 1 aromatic carbocycles. The summed E-state index contributed by atoms with van der Waals surface area (Å²) in [5.41, 5.74) is 2.87. The molecule has 1 aliphatic carbocycles. The Morgan fingerprint density at radius 1 is 1.05 bits per heavy atom. The summed E-state index contributed by atoms with van der Waals surface area (Å²) in [6.07, 6.45) is 5.41. The SMILES string of the molecule is O[C@@H]1CCC2CN3CCc4cc5c(cc4[C@@H]3C[C@@H]2C1)OCO5. The first-order valence-electron chi connectivity index (χ1n) is 8.62. The molecule has 3 heterocycles. The Labute approximate surface area is 131 Å². The molecule has 0 bridgehead atoms. The normalized spacial score (nSPS) is 36.4. The number of hydrogen-bond acceptors (Lipinski definition) is 4. The van der Waals surface area contributed by atoms with Gasteiger partial charge in [-0.15, -0.1) is 0 Å². The third kappa shape index (κ3) is 1.97. The lowest BCUT2D eigenvalue weighted by atomic mass is 9.69. The molecule has 5 rings (SSSR count). The van der Waals surface area contributed by atoms with Gasteiger partial charge in [-0.1, -0.05) is 0 Å². The Balaban J connectivity index is 1.48. The average molecular weight is 301 g/mol. The molecular weight excluding hydrogens is 278 g/mol. The molecule has 0 spiro atoms. The highest BCUT2D eigenvalue weighted by Crippen LogP contribution is 2.48. The Morgan fingerprint density at radius 3 is 2.82 bits per heavy atom. The van der Waals surface area contributed by atoms with E-state index in [0.717, 1.165) is 43.2 Å². The van der Waals surface area contributed by atoms with E-state index in [1.807, 2.05) is 0 Å².